The van der Waals surface area contributed by atoms with Crippen LogP contribution in [0.1, 0.15) is 11.1 Å². The van der Waals surface area contributed by atoms with Gasteiger partial charge in [0.05, 0.1) is 24.5 Å². The smallest absolute Gasteiger partial charge is 0.101 e. The number of benzene rings is 2. The van der Waals surface area contributed by atoms with Crippen molar-refractivity contribution in [3.63, 3.8) is 0 Å². The second-order valence-corrected chi connectivity index (χ2v) is 6.68. The summed E-state index contributed by atoms with van der Waals surface area (Å²) in [6.07, 6.45) is 1.64. The standard InChI is InChI=1S/C23H21N3O/c24-15-19-14-22(20-4-2-1-3-5-20)23(25-16-19)21-8-6-18(7-9-21)17-26-10-12-27-13-11-26/h1-9,14,16H,10-13,17H2. The zero-order chi connectivity index (χ0) is 18.5. The van der Waals surface area contributed by atoms with E-state index in [0.29, 0.717) is 5.56 Å². The fraction of sp³-hybridized carbons (Fsp3) is 0.217. The van der Waals surface area contributed by atoms with E-state index in [4.69, 9.17) is 4.74 Å². The predicted octanol–water partition coefficient (Wildman–Crippen LogP) is 4.12. The first kappa shape index (κ1) is 17.4. The molecule has 1 aliphatic heterocycles. The fourth-order valence-corrected chi connectivity index (χ4v) is 3.38. The summed E-state index contributed by atoms with van der Waals surface area (Å²) in [5, 5.41) is 9.26. The molecule has 4 rings (SSSR count). The van der Waals surface area contributed by atoms with E-state index in [2.05, 4.69) is 52.4 Å². The van der Waals surface area contributed by atoms with Crippen LogP contribution in [0.4, 0.5) is 0 Å². The van der Waals surface area contributed by atoms with Gasteiger partial charge in [-0.1, -0.05) is 54.6 Å². The van der Waals surface area contributed by atoms with Gasteiger partial charge in [-0.15, -0.1) is 0 Å². The van der Waals surface area contributed by atoms with Crippen molar-refractivity contribution in [3.8, 4) is 28.5 Å². The largest absolute Gasteiger partial charge is 0.379 e. The Bertz CT molecular complexity index is 940. The Morgan fingerprint density at radius 3 is 2.41 bits per heavy atom. The Morgan fingerprint density at radius 1 is 0.963 bits per heavy atom. The highest BCUT2D eigenvalue weighted by Crippen LogP contribution is 2.31. The molecule has 1 fully saturated rings. The summed E-state index contributed by atoms with van der Waals surface area (Å²) in [5.41, 5.74) is 5.87. The van der Waals surface area contributed by atoms with Crippen LogP contribution in [-0.2, 0) is 11.3 Å². The van der Waals surface area contributed by atoms with E-state index in [9.17, 15) is 5.26 Å². The summed E-state index contributed by atoms with van der Waals surface area (Å²) in [6, 6.07) is 22.8. The predicted molar refractivity (Wildman–Crippen MR) is 106 cm³/mol. The molecule has 0 bridgehead atoms. The molecule has 0 N–H and O–H groups in total. The van der Waals surface area contributed by atoms with Gasteiger partial charge in [-0.25, -0.2) is 0 Å². The quantitative estimate of drug-likeness (QED) is 0.706. The van der Waals surface area contributed by atoms with Crippen LogP contribution in [0.25, 0.3) is 22.4 Å². The first-order valence-corrected chi connectivity index (χ1v) is 9.18. The van der Waals surface area contributed by atoms with Gasteiger partial charge in [0.1, 0.15) is 6.07 Å². The van der Waals surface area contributed by atoms with E-state index in [1.54, 1.807) is 6.20 Å². The number of pyridine rings is 1. The van der Waals surface area contributed by atoms with Crippen LogP contribution in [0, 0.1) is 11.3 Å². The molecular weight excluding hydrogens is 334 g/mol. The Balaban J connectivity index is 1.64. The maximum absolute atomic E-state index is 9.26. The molecule has 1 saturated heterocycles. The summed E-state index contributed by atoms with van der Waals surface area (Å²) in [4.78, 5) is 7.00. The highest BCUT2D eigenvalue weighted by molar-refractivity contribution is 5.81. The molecule has 2 heterocycles. The maximum Gasteiger partial charge on any atom is 0.101 e. The third-order valence-electron chi connectivity index (χ3n) is 4.84. The number of rotatable bonds is 4. The molecule has 3 aromatic rings. The van der Waals surface area contributed by atoms with Crippen LogP contribution in [0.5, 0.6) is 0 Å². The minimum absolute atomic E-state index is 0.571. The summed E-state index contributed by atoms with van der Waals surface area (Å²) < 4.78 is 5.42. The molecule has 0 aliphatic carbocycles. The van der Waals surface area contributed by atoms with Crippen LogP contribution < -0.4 is 0 Å². The molecule has 0 radical (unpaired) electrons. The van der Waals surface area contributed by atoms with Crippen LogP contribution >= 0.6 is 0 Å². The third kappa shape index (κ3) is 4.06. The molecule has 0 unspecified atom stereocenters. The minimum Gasteiger partial charge on any atom is -0.379 e. The second-order valence-electron chi connectivity index (χ2n) is 6.68. The monoisotopic (exact) mass is 355 g/mol. The van der Waals surface area contributed by atoms with E-state index >= 15 is 0 Å². The van der Waals surface area contributed by atoms with Crippen molar-refractivity contribution in [1.82, 2.24) is 9.88 Å². The van der Waals surface area contributed by atoms with Crippen molar-refractivity contribution in [2.75, 3.05) is 26.3 Å². The summed E-state index contributed by atoms with van der Waals surface area (Å²) in [5.74, 6) is 0. The molecule has 134 valence electrons. The van der Waals surface area contributed by atoms with Gasteiger partial charge in [0, 0.05) is 37.0 Å². The normalized spacial score (nSPS) is 14.6. The lowest BCUT2D eigenvalue weighted by atomic mass is 9.97. The Hall–Kier alpha value is -3.00. The molecule has 0 spiro atoms. The number of aromatic nitrogens is 1. The fourth-order valence-electron chi connectivity index (χ4n) is 3.38. The van der Waals surface area contributed by atoms with Crippen molar-refractivity contribution < 1.29 is 4.74 Å². The van der Waals surface area contributed by atoms with Gasteiger partial charge >= 0.3 is 0 Å². The SMILES string of the molecule is N#Cc1cnc(-c2ccc(CN3CCOCC3)cc2)c(-c2ccccc2)c1. The average molecular weight is 355 g/mol. The minimum atomic E-state index is 0.571. The van der Waals surface area contributed by atoms with Gasteiger partial charge in [-0.05, 0) is 17.2 Å². The van der Waals surface area contributed by atoms with Crippen molar-refractivity contribution >= 4 is 0 Å². The van der Waals surface area contributed by atoms with E-state index in [0.717, 1.165) is 55.2 Å². The first-order chi connectivity index (χ1) is 13.3. The Kier molecular flexibility index (Phi) is 5.24. The molecule has 1 aliphatic rings. The number of nitriles is 1. The lowest BCUT2D eigenvalue weighted by molar-refractivity contribution is 0.0342. The van der Waals surface area contributed by atoms with Crippen molar-refractivity contribution in [2.24, 2.45) is 0 Å². The zero-order valence-corrected chi connectivity index (χ0v) is 15.1. The van der Waals surface area contributed by atoms with Gasteiger partial charge in [0.2, 0.25) is 0 Å². The number of hydrogen-bond acceptors (Lipinski definition) is 4. The molecule has 4 heteroatoms. The lowest BCUT2D eigenvalue weighted by Gasteiger charge is -2.26. The molecule has 2 aromatic carbocycles. The van der Waals surface area contributed by atoms with Crippen LogP contribution in [0.3, 0.4) is 0 Å². The Morgan fingerprint density at radius 2 is 1.70 bits per heavy atom. The second kappa shape index (κ2) is 8.13. The van der Waals surface area contributed by atoms with Crippen molar-refractivity contribution in [2.45, 2.75) is 6.54 Å². The van der Waals surface area contributed by atoms with Gasteiger partial charge in [0.15, 0.2) is 0 Å². The lowest BCUT2D eigenvalue weighted by Crippen LogP contribution is -2.35. The number of nitrogens with zero attached hydrogens (tertiary/aromatic N) is 3. The van der Waals surface area contributed by atoms with E-state index in [1.165, 1.54) is 5.56 Å². The maximum atomic E-state index is 9.26. The zero-order valence-electron chi connectivity index (χ0n) is 15.1. The van der Waals surface area contributed by atoms with Gasteiger partial charge in [-0.2, -0.15) is 5.26 Å². The number of ether oxygens (including phenoxy) is 1. The van der Waals surface area contributed by atoms with E-state index < -0.39 is 0 Å². The Labute approximate surface area is 159 Å². The number of hydrogen-bond donors (Lipinski definition) is 0. The van der Waals surface area contributed by atoms with E-state index in [-0.39, 0.29) is 0 Å². The summed E-state index contributed by atoms with van der Waals surface area (Å²) in [6.45, 7) is 4.53. The third-order valence-corrected chi connectivity index (χ3v) is 4.84. The molecule has 27 heavy (non-hydrogen) atoms. The van der Waals surface area contributed by atoms with Crippen LogP contribution in [-0.4, -0.2) is 36.2 Å². The highest BCUT2D eigenvalue weighted by Gasteiger charge is 2.13. The highest BCUT2D eigenvalue weighted by atomic mass is 16.5. The topological polar surface area (TPSA) is 49.2 Å². The van der Waals surface area contributed by atoms with Crippen LogP contribution in [0.2, 0.25) is 0 Å². The van der Waals surface area contributed by atoms with Crippen molar-refractivity contribution in [1.29, 1.82) is 5.26 Å². The van der Waals surface area contributed by atoms with Gasteiger partial charge in [-0.3, -0.25) is 9.88 Å². The van der Waals surface area contributed by atoms with Gasteiger partial charge in [0.25, 0.3) is 0 Å². The molecule has 0 amide bonds. The average Bonchev–Trinajstić information content (AvgIpc) is 2.75. The molecular formula is C23H21N3O. The summed E-state index contributed by atoms with van der Waals surface area (Å²) >= 11 is 0. The summed E-state index contributed by atoms with van der Waals surface area (Å²) in [7, 11) is 0. The molecule has 1 aromatic heterocycles. The van der Waals surface area contributed by atoms with E-state index in [1.807, 2.05) is 24.3 Å². The van der Waals surface area contributed by atoms with Gasteiger partial charge < -0.3 is 4.74 Å². The molecule has 0 atom stereocenters. The number of morpholine rings is 1. The molecule has 0 saturated carbocycles. The first-order valence-electron chi connectivity index (χ1n) is 9.18. The molecule has 4 nitrogen and oxygen atoms in total. The van der Waals surface area contributed by atoms with Crippen molar-refractivity contribution in [3.05, 3.63) is 78.0 Å². The van der Waals surface area contributed by atoms with Crippen LogP contribution in [0.15, 0.2) is 66.9 Å².